The van der Waals surface area contributed by atoms with Gasteiger partial charge in [0.1, 0.15) is 6.54 Å². The number of anilines is 1. The number of hydrogen-bond acceptors (Lipinski definition) is 5. The maximum Gasteiger partial charge on any atom is 0.360 e. The molecule has 1 heterocycles. The van der Waals surface area contributed by atoms with Crippen LogP contribution in [0.15, 0.2) is 18.3 Å². The molecule has 0 spiro atoms. The zero-order valence-electron chi connectivity index (χ0n) is 13.7. The van der Waals surface area contributed by atoms with E-state index in [9.17, 15) is 9.59 Å². The number of carbonyl (C=O) groups is 2. The Bertz CT molecular complexity index is 714. The average molecular weight is 316 g/mol. The molecule has 0 atom stereocenters. The van der Waals surface area contributed by atoms with Crippen molar-refractivity contribution in [2.45, 2.75) is 34.2 Å². The fourth-order valence-electron chi connectivity index (χ4n) is 2.38. The lowest BCUT2D eigenvalue weighted by atomic mass is 10.1. The highest BCUT2D eigenvalue weighted by Crippen LogP contribution is 2.21. The predicted octanol–water partition coefficient (Wildman–Crippen LogP) is 2.02. The number of carbonyl (C=O) groups excluding carboxylic acids is 2. The van der Waals surface area contributed by atoms with E-state index in [1.807, 2.05) is 32.9 Å². The van der Waals surface area contributed by atoms with Crippen molar-refractivity contribution >= 4 is 17.6 Å². The van der Waals surface area contributed by atoms with Crippen LogP contribution in [0.25, 0.3) is 0 Å². The van der Waals surface area contributed by atoms with Gasteiger partial charge in [-0.05, 0) is 38.8 Å². The molecule has 0 saturated heterocycles. The van der Waals surface area contributed by atoms with Crippen LogP contribution in [-0.4, -0.2) is 33.5 Å². The van der Waals surface area contributed by atoms with Gasteiger partial charge in [0.05, 0.1) is 12.8 Å². The number of nitrogens with one attached hydrogen (secondary N) is 1. The molecule has 0 unspecified atom stereocenters. The van der Waals surface area contributed by atoms with Gasteiger partial charge in [-0.15, -0.1) is 5.10 Å². The summed E-state index contributed by atoms with van der Waals surface area (Å²) in [6.07, 6.45) is 1.40. The van der Waals surface area contributed by atoms with E-state index in [1.54, 1.807) is 6.92 Å². The largest absolute Gasteiger partial charge is 0.461 e. The molecule has 0 bridgehead atoms. The summed E-state index contributed by atoms with van der Waals surface area (Å²) in [5.41, 5.74) is 4.03. The Balaban J connectivity index is 2.05. The molecule has 0 aliphatic carbocycles. The molecule has 122 valence electrons. The highest BCUT2D eigenvalue weighted by Gasteiger charge is 2.14. The average Bonchev–Trinajstić information content (AvgIpc) is 2.91. The quantitative estimate of drug-likeness (QED) is 0.853. The van der Waals surface area contributed by atoms with Crippen molar-refractivity contribution in [1.82, 2.24) is 15.0 Å². The summed E-state index contributed by atoms with van der Waals surface area (Å²) in [7, 11) is 0. The number of aromatic nitrogens is 3. The smallest absolute Gasteiger partial charge is 0.360 e. The van der Waals surface area contributed by atoms with Gasteiger partial charge < -0.3 is 10.1 Å². The minimum atomic E-state index is -0.551. The Labute approximate surface area is 134 Å². The topological polar surface area (TPSA) is 86.1 Å². The number of nitrogens with zero attached hydrogens (tertiary/aromatic N) is 3. The Morgan fingerprint density at radius 3 is 2.48 bits per heavy atom. The molecule has 1 aromatic heterocycles. The molecule has 23 heavy (non-hydrogen) atoms. The third kappa shape index (κ3) is 4.15. The second-order valence-electron chi connectivity index (χ2n) is 5.34. The lowest BCUT2D eigenvalue weighted by Crippen LogP contribution is -2.20. The summed E-state index contributed by atoms with van der Waals surface area (Å²) >= 11 is 0. The highest BCUT2D eigenvalue weighted by atomic mass is 16.5. The third-order valence-corrected chi connectivity index (χ3v) is 3.27. The second kappa shape index (κ2) is 7.04. The van der Waals surface area contributed by atoms with E-state index < -0.39 is 5.97 Å². The fourth-order valence-corrected chi connectivity index (χ4v) is 2.38. The maximum atomic E-state index is 12.2. The standard InChI is InChI=1S/C16H20N4O3/c1-5-23-16(22)13-8-20(19-18-13)9-14(21)17-15-11(3)6-10(2)7-12(15)4/h6-8H,5,9H2,1-4H3,(H,17,21). The van der Waals surface area contributed by atoms with E-state index in [0.29, 0.717) is 0 Å². The van der Waals surface area contributed by atoms with Gasteiger partial charge in [0.15, 0.2) is 5.69 Å². The van der Waals surface area contributed by atoms with Crippen molar-refractivity contribution in [1.29, 1.82) is 0 Å². The number of ether oxygens (including phenoxy) is 1. The van der Waals surface area contributed by atoms with Crippen LogP contribution in [0.3, 0.4) is 0 Å². The van der Waals surface area contributed by atoms with E-state index in [-0.39, 0.29) is 24.8 Å². The zero-order valence-corrected chi connectivity index (χ0v) is 13.7. The van der Waals surface area contributed by atoms with Gasteiger partial charge in [-0.3, -0.25) is 4.79 Å². The summed E-state index contributed by atoms with van der Waals surface area (Å²) in [6.45, 7) is 7.85. The first kappa shape index (κ1) is 16.7. The van der Waals surface area contributed by atoms with Gasteiger partial charge in [0.2, 0.25) is 5.91 Å². The molecule has 1 N–H and O–H groups in total. The maximum absolute atomic E-state index is 12.2. The van der Waals surface area contributed by atoms with Crippen LogP contribution >= 0.6 is 0 Å². The van der Waals surface area contributed by atoms with Crippen molar-refractivity contribution < 1.29 is 14.3 Å². The minimum Gasteiger partial charge on any atom is -0.461 e. The lowest BCUT2D eigenvalue weighted by Gasteiger charge is -2.12. The van der Waals surface area contributed by atoms with Crippen LogP contribution < -0.4 is 5.32 Å². The molecular formula is C16H20N4O3. The van der Waals surface area contributed by atoms with Crippen LogP contribution in [0, 0.1) is 20.8 Å². The summed E-state index contributed by atoms with van der Waals surface area (Å²) in [5, 5.41) is 10.3. The number of esters is 1. The van der Waals surface area contributed by atoms with Gasteiger partial charge in [-0.25, -0.2) is 9.48 Å². The lowest BCUT2D eigenvalue weighted by molar-refractivity contribution is -0.116. The normalized spacial score (nSPS) is 10.4. The minimum absolute atomic E-state index is 0.0286. The van der Waals surface area contributed by atoms with Crippen LogP contribution in [0.2, 0.25) is 0 Å². The van der Waals surface area contributed by atoms with E-state index in [1.165, 1.54) is 10.9 Å². The van der Waals surface area contributed by atoms with Crippen LogP contribution in [0.4, 0.5) is 5.69 Å². The van der Waals surface area contributed by atoms with Crippen LogP contribution in [-0.2, 0) is 16.1 Å². The number of rotatable bonds is 5. The van der Waals surface area contributed by atoms with Gasteiger partial charge in [0, 0.05) is 5.69 Å². The molecule has 0 radical (unpaired) electrons. The van der Waals surface area contributed by atoms with E-state index in [0.717, 1.165) is 22.4 Å². The predicted molar refractivity (Wildman–Crippen MR) is 85.3 cm³/mol. The van der Waals surface area contributed by atoms with E-state index in [2.05, 4.69) is 15.6 Å². The first-order chi connectivity index (χ1) is 10.9. The fraction of sp³-hybridized carbons (Fsp3) is 0.375. The summed E-state index contributed by atoms with van der Waals surface area (Å²) < 4.78 is 6.14. The van der Waals surface area contributed by atoms with Gasteiger partial charge in [0.25, 0.3) is 0 Å². The first-order valence-corrected chi connectivity index (χ1v) is 7.35. The highest BCUT2D eigenvalue weighted by molar-refractivity contribution is 5.92. The Morgan fingerprint density at radius 2 is 1.87 bits per heavy atom. The molecule has 7 heteroatoms. The van der Waals surface area contributed by atoms with Crippen molar-refractivity contribution in [2.75, 3.05) is 11.9 Å². The summed E-state index contributed by atoms with van der Waals surface area (Å²) in [5.74, 6) is -0.787. The van der Waals surface area contributed by atoms with E-state index in [4.69, 9.17) is 4.74 Å². The molecule has 0 fully saturated rings. The molecule has 1 amide bonds. The zero-order chi connectivity index (χ0) is 17.0. The third-order valence-electron chi connectivity index (χ3n) is 3.27. The number of amides is 1. The summed E-state index contributed by atoms with van der Waals surface area (Å²) in [6, 6.07) is 4.02. The van der Waals surface area contributed by atoms with Crippen LogP contribution in [0.5, 0.6) is 0 Å². The number of hydrogen-bond donors (Lipinski definition) is 1. The summed E-state index contributed by atoms with van der Waals surface area (Å²) in [4.78, 5) is 23.7. The second-order valence-corrected chi connectivity index (χ2v) is 5.34. The Kier molecular flexibility index (Phi) is 5.10. The van der Waals surface area contributed by atoms with Crippen molar-refractivity contribution in [3.05, 3.63) is 40.7 Å². The monoisotopic (exact) mass is 316 g/mol. The molecule has 2 aromatic rings. The van der Waals surface area contributed by atoms with Crippen molar-refractivity contribution in [2.24, 2.45) is 0 Å². The van der Waals surface area contributed by atoms with Gasteiger partial charge in [-0.1, -0.05) is 22.9 Å². The van der Waals surface area contributed by atoms with Gasteiger partial charge >= 0.3 is 5.97 Å². The van der Waals surface area contributed by atoms with Gasteiger partial charge in [-0.2, -0.15) is 0 Å². The van der Waals surface area contributed by atoms with E-state index >= 15 is 0 Å². The van der Waals surface area contributed by atoms with Crippen molar-refractivity contribution in [3.63, 3.8) is 0 Å². The Hall–Kier alpha value is -2.70. The first-order valence-electron chi connectivity index (χ1n) is 7.35. The van der Waals surface area contributed by atoms with Crippen LogP contribution in [0.1, 0.15) is 34.1 Å². The number of benzene rings is 1. The molecule has 1 aromatic carbocycles. The van der Waals surface area contributed by atoms with Crippen molar-refractivity contribution in [3.8, 4) is 0 Å². The molecule has 0 aliphatic rings. The molecule has 0 aliphatic heterocycles. The molecular weight excluding hydrogens is 296 g/mol. The molecule has 7 nitrogen and oxygen atoms in total. The molecule has 2 rings (SSSR count). The SMILES string of the molecule is CCOC(=O)c1cn(CC(=O)Nc2c(C)cc(C)cc2C)nn1. The molecule has 0 saturated carbocycles. The Morgan fingerprint density at radius 1 is 1.22 bits per heavy atom. The number of aryl methyl sites for hydroxylation is 3.